The van der Waals surface area contributed by atoms with Gasteiger partial charge in [0, 0.05) is 5.39 Å². The number of para-hydroxylation sites is 1. The minimum Gasteiger partial charge on any atom is -0.497 e. The monoisotopic (exact) mass is 378 g/mol. The molecule has 0 atom stereocenters. The summed E-state index contributed by atoms with van der Waals surface area (Å²) >= 11 is 1.13. The lowest BCUT2D eigenvalue weighted by atomic mass is 10.2. The van der Waals surface area contributed by atoms with Crippen molar-refractivity contribution in [1.29, 1.82) is 0 Å². The molecule has 2 N–H and O–H groups in total. The first kappa shape index (κ1) is 17.0. The Morgan fingerprint density at radius 3 is 2.70 bits per heavy atom. The number of carbonyl (C=O) groups is 1. The van der Waals surface area contributed by atoms with Crippen LogP contribution in [0.4, 0.5) is 5.69 Å². The summed E-state index contributed by atoms with van der Waals surface area (Å²) in [4.78, 5) is 19.3. The molecule has 1 aromatic heterocycles. The molecule has 0 radical (unpaired) electrons. The Hall–Kier alpha value is -3.39. The molecule has 0 spiro atoms. The Bertz CT molecular complexity index is 1110. The summed E-state index contributed by atoms with van der Waals surface area (Å²) in [6.45, 7) is 0. The molecule has 1 aliphatic heterocycles. The van der Waals surface area contributed by atoms with E-state index < -0.39 is 0 Å². The predicted molar refractivity (Wildman–Crippen MR) is 105 cm³/mol. The molecule has 2 heterocycles. The van der Waals surface area contributed by atoms with Gasteiger partial charge in [0.15, 0.2) is 5.69 Å². The number of methoxy groups -OCH3 is 1. The zero-order chi connectivity index (χ0) is 18.8. The number of ether oxygens (including phenoxy) is 1. The molecule has 0 fully saturated rings. The van der Waals surface area contributed by atoms with E-state index in [9.17, 15) is 9.90 Å². The number of nitrogens with one attached hydrogen (secondary N) is 1. The van der Waals surface area contributed by atoms with Crippen molar-refractivity contribution >= 4 is 45.5 Å². The average Bonchev–Trinajstić information content (AvgIpc) is 3.19. The van der Waals surface area contributed by atoms with E-state index in [0.29, 0.717) is 10.6 Å². The summed E-state index contributed by atoms with van der Waals surface area (Å²) in [6, 6.07) is 14.7. The zero-order valence-electron chi connectivity index (χ0n) is 14.2. The smallest absolute Gasteiger partial charge is 0.286 e. The Morgan fingerprint density at radius 1 is 1.15 bits per heavy atom. The number of nitrogens with zero attached hydrogens (tertiary/aromatic N) is 3. The number of aromatic nitrogens is 1. The van der Waals surface area contributed by atoms with E-state index in [-0.39, 0.29) is 17.0 Å². The zero-order valence-corrected chi connectivity index (χ0v) is 15.0. The van der Waals surface area contributed by atoms with Gasteiger partial charge in [-0.3, -0.25) is 4.79 Å². The maximum absolute atomic E-state index is 12.1. The van der Waals surface area contributed by atoms with Crippen LogP contribution in [0.2, 0.25) is 0 Å². The standard InChI is InChI=1S/C19H14N4O3S/c1-26-12-8-6-11(7-9-12)10-15-17(24)21-19(27-15)23-22-16-13-4-2-3-5-14(13)20-18(16)25/h2-10,20,25H,1H3/b15-10+,23-22?. The van der Waals surface area contributed by atoms with E-state index in [2.05, 4.69) is 20.2 Å². The molecule has 0 saturated heterocycles. The molecular formula is C19H14N4O3S. The number of hydrogen-bond acceptors (Lipinski definition) is 6. The largest absolute Gasteiger partial charge is 0.497 e. The minimum absolute atomic E-state index is 0.0797. The van der Waals surface area contributed by atoms with Crippen molar-refractivity contribution < 1.29 is 14.6 Å². The van der Waals surface area contributed by atoms with Crippen LogP contribution in [0.5, 0.6) is 11.6 Å². The molecule has 8 heteroatoms. The second-order valence-electron chi connectivity index (χ2n) is 5.65. The number of aliphatic imine (C=N–C) groups is 1. The molecule has 27 heavy (non-hydrogen) atoms. The quantitative estimate of drug-likeness (QED) is 0.512. The lowest BCUT2D eigenvalue weighted by Crippen LogP contribution is -1.88. The van der Waals surface area contributed by atoms with Crippen LogP contribution in [-0.2, 0) is 4.79 Å². The highest BCUT2D eigenvalue weighted by molar-refractivity contribution is 8.18. The highest BCUT2D eigenvalue weighted by atomic mass is 32.2. The van der Waals surface area contributed by atoms with Crippen LogP contribution in [0.1, 0.15) is 5.56 Å². The number of benzene rings is 2. The molecule has 0 unspecified atom stereocenters. The molecular weight excluding hydrogens is 364 g/mol. The van der Waals surface area contributed by atoms with Crippen LogP contribution >= 0.6 is 11.8 Å². The molecule has 7 nitrogen and oxygen atoms in total. The first-order chi connectivity index (χ1) is 13.1. The molecule has 0 bridgehead atoms. The van der Waals surface area contributed by atoms with Crippen molar-refractivity contribution in [3.8, 4) is 11.6 Å². The first-order valence-corrected chi connectivity index (χ1v) is 8.84. The number of thioether (sulfide) groups is 1. The van der Waals surface area contributed by atoms with Crippen molar-refractivity contribution in [2.45, 2.75) is 0 Å². The predicted octanol–water partition coefficient (Wildman–Crippen LogP) is 4.64. The second-order valence-corrected chi connectivity index (χ2v) is 6.66. The summed E-state index contributed by atoms with van der Waals surface area (Å²) in [6.07, 6.45) is 1.74. The third-order valence-corrected chi connectivity index (χ3v) is 4.79. The fourth-order valence-electron chi connectivity index (χ4n) is 2.60. The van der Waals surface area contributed by atoms with Gasteiger partial charge in [0.25, 0.3) is 5.91 Å². The number of amides is 1. The molecule has 1 amide bonds. The average molecular weight is 378 g/mol. The Morgan fingerprint density at radius 2 is 1.93 bits per heavy atom. The number of H-pyrrole nitrogens is 1. The maximum atomic E-state index is 12.1. The van der Waals surface area contributed by atoms with Gasteiger partial charge in [-0.15, -0.1) is 10.2 Å². The van der Waals surface area contributed by atoms with E-state index in [1.54, 1.807) is 13.2 Å². The summed E-state index contributed by atoms with van der Waals surface area (Å²) < 4.78 is 5.12. The van der Waals surface area contributed by atoms with Gasteiger partial charge in [0.2, 0.25) is 11.0 Å². The van der Waals surface area contributed by atoms with Crippen molar-refractivity contribution in [2.24, 2.45) is 15.2 Å². The van der Waals surface area contributed by atoms with Crippen LogP contribution in [0.25, 0.3) is 17.0 Å². The fourth-order valence-corrected chi connectivity index (χ4v) is 3.33. The summed E-state index contributed by atoms with van der Waals surface area (Å²) in [5, 5.41) is 19.1. The van der Waals surface area contributed by atoms with Crippen LogP contribution in [-0.4, -0.2) is 28.3 Å². The van der Waals surface area contributed by atoms with E-state index >= 15 is 0 Å². The number of hydrogen-bond donors (Lipinski definition) is 2. The summed E-state index contributed by atoms with van der Waals surface area (Å²) in [5.74, 6) is 0.295. The molecule has 0 saturated carbocycles. The molecule has 0 aliphatic carbocycles. The fraction of sp³-hybridized carbons (Fsp3) is 0.0526. The third-order valence-electron chi connectivity index (χ3n) is 3.92. The van der Waals surface area contributed by atoms with Gasteiger partial charge in [0.1, 0.15) is 5.75 Å². The van der Waals surface area contributed by atoms with Gasteiger partial charge >= 0.3 is 0 Å². The summed E-state index contributed by atoms with van der Waals surface area (Å²) in [7, 11) is 1.60. The van der Waals surface area contributed by atoms with E-state index in [0.717, 1.165) is 34.0 Å². The van der Waals surface area contributed by atoms with Gasteiger partial charge in [0.05, 0.1) is 17.5 Å². The number of rotatable bonds is 3. The van der Waals surface area contributed by atoms with Crippen LogP contribution in [0.3, 0.4) is 0 Å². The normalized spacial score (nSPS) is 15.8. The topological polar surface area (TPSA) is 99.4 Å². The van der Waals surface area contributed by atoms with Crippen LogP contribution in [0, 0.1) is 0 Å². The van der Waals surface area contributed by atoms with Crippen LogP contribution in [0.15, 0.2) is 68.7 Å². The van der Waals surface area contributed by atoms with Crippen molar-refractivity contribution in [3.63, 3.8) is 0 Å². The number of azo groups is 1. The molecule has 3 aromatic rings. The Labute approximate surface area is 158 Å². The van der Waals surface area contributed by atoms with Gasteiger partial charge in [-0.1, -0.05) is 30.3 Å². The number of aromatic amines is 1. The van der Waals surface area contributed by atoms with Crippen molar-refractivity contribution in [1.82, 2.24) is 4.98 Å². The Balaban J connectivity index is 1.54. The lowest BCUT2D eigenvalue weighted by molar-refractivity contribution is -0.113. The number of fused-ring (bicyclic) bond motifs is 1. The highest BCUT2D eigenvalue weighted by Gasteiger charge is 2.22. The van der Waals surface area contributed by atoms with Crippen molar-refractivity contribution in [2.75, 3.05) is 7.11 Å². The van der Waals surface area contributed by atoms with E-state index in [1.807, 2.05) is 48.5 Å². The van der Waals surface area contributed by atoms with E-state index in [4.69, 9.17) is 4.74 Å². The minimum atomic E-state index is -0.368. The van der Waals surface area contributed by atoms with Gasteiger partial charge in [-0.05, 0) is 41.6 Å². The number of aromatic hydroxyl groups is 1. The Kier molecular flexibility index (Phi) is 4.47. The van der Waals surface area contributed by atoms with Crippen molar-refractivity contribution in [3.05, 3.63) is 59.0 Å². The lowest BCUT2D eigenvalue weighted by Gasteiger charge is -1.99. The van der Waals surface area contributed by atoms with Gasteiger partial charge in [-0.25, -0.2) is 0 Å². The number of carbonyl (C=O) groups excluding carboxylic acids is 1. The molecule has 4 rings (SSSR count). The molecule has 2 aromatic carbocycles. The summed E-state index contributed by atoms with van der Waals surface area (Å²) in [5.41, 5.74) is 1.92. The highest BCUT2D eigenvalue weighted by Crippen LogP contribution is 2.36. The third kappa shape index (κ3) is 3.47. The van der Waals surface area contributed by atoms with Gasteiger partial charge in [-0.2, -0.15) is 4.99 Å². The molecule has 1 aliphatic rings. The first-order valence-electron chi connectivity index (χ1n) is 8.02. The SMILES string of the molecule is COc1ccc(/C=C2/SC(N=Nc3c(O)[nH]c4ccccc34)=NC2=O)cc1. The maximum Gasteiger partial charge on any atom is 0.286 e. The van der Waals surface area contributed by atoms with Gasteiger partial charge < -0.3 is 14.8 Å². The van der Waals surface area contributed by atoms with Crippen LogP contribution < -0.4 is 4.74 Å². The molecule has 134 valence electrons. The number of amidine groups is 1. The van der Waals surface area contributed by atoms with E-state index in [1.165, 1.54) is 0 Å². The second kappa shape index (κ2) is 7.08.